The number of nitrogens with one attached hydrogen (secondary N) is 1. The molecule has 1 N–H and O–H groups in total. The minimum absolute atomic E-state index is 0.182. The molecular weight excluding hydrogens is 356 g/mol. The van der Waals surface area contributed by atoms with Gasteiger partial charge < -0.3 is 5.32 Å². The van der Waals surface area contributed by atoms with E-state index in [0.29, 0.717) is 5.69 Å². The zero-order valence-electron chi connectivity index (χ0n) is 12.7. The molecule has 0 heterocycles. The maximum Gasteiger partial charge on any atom is 0.341 e. The minimum atomic E-state index is -4.62. The lowest BCUT2D eigenvalue weighted by molar-refractivity contribution is -0.113. The number of halogens is 2. The van der Waals surface area contributed by atoms with Crippen molar-refractivity contribution in [3.05, 3.63) is 54.1 Å². The van der Waals surface area contributed by atoms with Gasteiger partial charge in [0.15, 0.2) is 0 Å². The van der Waals surface area contributed by atoms with Crippen molar-refractivity contribution in [2.75, 3.05) is 11.1 Å². The molecule has 0 aromatic heterocycles. The number of amides is 1. The highest BCUT2D eigenvalue weighted by molar-refractivity contribution is 8.00. The normalized spacial score (nSPS) is 11.5. The molecule has 0 bridgehead atoms. The number of alkyl halides is 2. The molecule has 0 aliphatic rings. The number of carbonyl (C=O) groups excluding carboxylic acids is 1. The summed E-state index contributed by atoms with van der Waals surface area (Å²) in [6.07, 6.45) is 0. The van der Waals surface area contributed by atoms with Gasteiger partial charge in [0.05, 0.1) is 10.6 Å². The van der Waals surface area contributed by atoms with Crippen molar-refractivity contribution < 1.29 is 22.0 Å². The Morgan fingerprint density at radius 1 is 1.12 bits per heavy atom. The molecule has 0 aliphatic carbocycles. The van der Waals surface area contributed by atoms with E-state index in [4.69, 9.17) is 0 Å². The summed E-state index contributed by atoms with van der Waals surface area (Å²) in [4.78, 5) is 12.4. The van der Waals surface area contributed by atoms with Gasteiger partial charge in [0, 0.05) is 10.6 Å². The Morgan fingerprint density at radius 2 is 1.75 bits per heavy atom. The number of sulfone groups is 1. The zero-order valence-corrected chi connectivity index (χ0v) is 14.3. The Kier molecular flexibility index (Phi) is 5.95. The summed E-state index contributed by atoms with van der Waals surface area (Å²) in [7, 11) is -4.62. The third kappa shape index (κ3) is 4.55. The number of anilines is 1. The first-order valence-corrected chi connectivity index (χ1v) is 9.44. The summed E-state index contributed by atoms with van der Waals surface area (Å²) >= 11 is 1.38. The molecule has 128 valence electrons. The SMILES string of the molecule is Cc1ccccc1SCC(=O)Nc1ccc(S(=O)(=O)C(F)F)cc1. The second-order valence-electron chi connectivity index (χ2n) is 4.93. The standard InChI is InChI=1S/C16H15F2NO3S2/c1-11-4-2-3-5-14(11)23-10-15(20)19-12-6-8-13(9-7-12)24(21,22)16(17)18/h2-9,16H,10H2,1H3,(H,19,20). The fourth-order valence-corrected chi connectivity index (χ4v) is 3.44. The van der Waals surface area contributed by atoms with Crippen LogP contribution in [-0.4, -0.2) is 25.8 Å². The van der Waals surface area contributed by atoms with E-state index in [1.807, 2.05) is 31.2 Å². The van der Waals surface area contributed by atoms with Crippen molar-refractivity contribution in [1.29, 1.82) is 0 Å². The lowest BCUT2D eigenvalue weighted by atomic mass is 10.2. The van der Waals surface area contributed by atoms with E-state index < -0.39 is 20.5 Å². The first-order chi connectivity index (χ1) is 11.3. The predicted octanol–water partition coefficient (Wildman–Crippen LogP) is 3.72. The van der Waals surface area contributed by atoms with Gasteiger partial charge in [-0.3, -0.25) is 4.79 Å². The van der Waals surface area contributed by atoms with E-state index in [1.54, 1.807) is 0 Å². The summed E-state index contributed by atoms with van der Waals surface area (Å²) in [6.45, 7) is 1.95. The van der Waals surface area contributed by atoms with Crippen LogP contribution in [0.3, 0.4) is 0 Å². The average molecular weight is 371 g/mol. The number of thioether (sulfide) groups is 1. The number of rotatable bonds is 6. The number of carbonyl (C=O) groups is 1. The summed E-state index contributed by atoms with van der Waals surface area (Å²) in [5.74, 6) is -3.56. The van der Waals surface area contributed by atoms with Crippen LogP contribution in [0.4, 0.5) is 14.5 Å². The Hall–Kier alpha value is -1.93. The molecule has 1 amide bonds. The van der Waals surface area contributed by atoms with Crippen molar-refractivity contribution in [3.8, 4) is 0 Å². The van der Waals surface area contributed by atoms with Crippen LogP contribution in [0, 0.1) is 6.92 Å². The summed E-state index contributed by atoms with van der Waals surface area (Å²) in [6, 6.07) is 12.3. The van der Waals surface area contributed by atoms with Crippen molar-refractivity contribution in [2.45, 2.75) is 22.5 Å². The Labute approximate surface area is 143 Å². The molecule has 4 nitrogen and oxygen atoms in total. The Bertz CT molecular complexity index is 821. The molecule has 0 radical (unpaired) electrons. The predicted molar refractivity (Wildman–Crippen MR) is 90.2 cm³/mol. The first-order valence-electron chi connectivity index (χ1n) is 6.91. The van der Waals surface area contributed by atoms with Gasteiger partial charge in [0.25, 0.3) is 0 Å². The van der Waals surface area contributed by atoms with Crippen LogP contribution in [0.2, 0.25) is 0 Å². The maximum atomic E-state index is 12.4. The number of hydrogen-bond donors (Lipinski definition) is 1. The third-order valence-electron chi connectivity index (χ3n) is 3.15. The van der Waals surface area contributed by atoms with Gasteiger partial charge in [-0.25, -0.2) is 8.42 Å². The van der Waals surface area contributed by atoms with Crippen molar-refractivity contribution in [1.82, 2.24) is 0 Å². The van der Waals surface area contributed by atoms with Crippen molar-refractivity contribution in [3.63, 3.8) is 0 Å². The van der Waals surface area contributed by atoms with Gasteiger partial charge in [0.2, 0.25) is 15.7 Å². The quantitative estimate of drug-likeness (QED) is 0.786. The fourth-order valence-electron chi connectivity index (χ4n) is 1.89. The van der Waals surface area contributed by atoms with Gasteiger partial charge in [0.1, 0.15) is 0 Å². The zero-order chi connectivity index (χ0) is 17.7. The van der Waals surface area contributed by atoms with Gasteiger partial charge in [-0.05, 0) is 42.8 Å². The molecule has 24 heavy (non-hydrogen) atoms. The van der Waals surface area contributed by atoms with Gasteiger partial charge in [-0.1, -0.05) is 18.2 Å². The molecule has 0 aliphatic heterocycles. The largest absolute Gasteiger partial charge is 0.341 e. The van der Waals surface area contributed by atoms with Gasteiger partial charge >= 0.3 is 5.76 Å². The number of aryl methyl sites for hydroxylation is 1. The topological polar surface area (TPSA) is 63.2 Å². The smallest absolute Gasteiger partial charge is 0.325 e. The van der Waals surface area contributed by atoms with Crippen LogP contribution in [0.1, 0.15) is 5.56 Å². The molecule has 2 aromatic carbocycles. The second-order valence-corrected chi connectivity index (χ2v) is 7.87. The van der Waals surface area contributed by atoms with Gasteiger partial charge in [-0.2, -0.15) is 8.78 Å². The van der Waals surface area contributed by atoms with Crippen LogP contribution in [-0.2, 0) is 14.6 Å². The van der Waals surface area contributed by atoms with Crippen molar-refractivity contribution in [2.24, 2.45) is 0 Å². The summed E-state index contributed by atoms with van der Waals surface area (Å²) < 4.78 is 47.5. The molecule has 0 atom stereocenters. The van der Waals surface area contributed by atoms with E-state index in [2.05, 4.69) is 5.32 Å². The van der Waals surface area contributed by atoms with Gasteiger partial charge in [-0.15, -0.1) is 11.8 Å². The third-order valence-corrected chi connectivity index (χ3v) is 5.73. The Morgan fingerprint density at radius 3 is 2.33 bits per heavy atom. The molecule has 0 spiro atoms. The Balaban J connectivity index is 1.96. The maximum absolute atomic E-state index is 12.4. The monoisotopic (exact) mass is 371 g/mol. The molecule has 8 heteroatoms. The average Bonchev–Trinajstić information content (AvgIpc) is 2.54. The van der Waals surface area contributed by atoms with E-state index in [9.17, 15) is 22.0 Å². The van der Waals surface area contributed by atoms with Crippen LogP contribution >= 0.6 is 11.8 Å². The summed E-state index contributed by atoms with van der Waals surface area (Å²) in [5.41, 5.74) is 1.41. The highest BCUT2D eigenvalue weighted by Gasteiger charge is 2.26. The molecule has 0 saturated carbocycles. The van der Waals surface area contributed by atoms with Crippen LogP contribution in [0.25, 0.3) is 0 Å². The van der Waals surface area contributed by atoms with E-state index in [-0.39, 0.29) is 11.7 Å². The fraction of sp³-hybridized carbons (Fsp3) is 0.188. The minimum Gasteiger partial charge on any atom is -0.325 e. The lowest BCUT2D eigenvalue weighted by Crippen LogP contribution is -2.15. The van der Waals surface area contributed by atoms with E-state index in [0.717, 1.165) is 22.6 Å². The molecule has 0 fully saturated rings. The number of benzene rings is 2. The van der Waals surface area contributed by atoms with E-state index in [1.165, 1.54) is 23.9 Å². The first kappa shape index (κ1) is 18.4. The van der Waals surface area contributed by atoms with E-state index >= 15 is 0 Å². The molecule has 0 unspecified atom stereocenters. The number of hydrogen-bond acceptors (Lipinski definition) is 4. The highest BCUT2D eigenvalue weighted by atomic mass is 32.2. The molecular formula is C16H15F2NO3S2. The van der Waals surface area contributed by atoms with Crippen LogP contribution in [0.5, 0.6) is 0 Å². The molecule has 2 aromatic rings. The van der Waals surface area contributed by atoms with Crippen LogP contribution < -0.4 is 5.32 Å². The lowest BCUT2D eigenvalue weighted by Gasteiger charge is -2.08. The molecule has 0 saturated heterocycles. The van der Waals surface area contributed by atoms with Crippen molar-refractivity contribution >= 4 is 33.2 Å². The highest BCUT2D eigenvalue weighted by Crippen LogP contribution is 2.23. The summed E-state index contributed by atoms with van der Waals surface area (Å²) in [5, 5.41) is 2.60. The second kappa shape index (κ2) is 7.76. The van der Waals surface area contributed by atoms with Crippen LogP contribution in [0.15, 0.2) is 58.3 Å². The molecule has 2 rings (SSSR count).